The molecular formula is C30H35FO7S. The fourth-order valence-corrected chi connectivity index (χ4v) is 6.34. The van der Waals surface area contributed by atoms with Crippen LogP contribution in [-0.4, -0.2) is 64.7 Å². The van der Waals surface area contributed by atoms with E-state index in [0.29, 0.717) is 21.9 Å². The number of ether oxygens (including phenoxy) is 3. The Morgan fingerprint density at radius 2 is 1.82 bits per heavy atom. The molecule has 4 N–H and O–H groups in total. The molecule has 7 nitrogen and oxygen atoms in total. The van der Waals surface area contributed by atoms with E-state index in [-0.39, 0.29) is 11.9 Å². The third-order valence-electron chi connectivity index (χ3n) is 7.88. The monoisotopic (exact) mass is 558 g/mol. The van der Waals surface area contributed by atoms with Crippen molar-refractivity contribution in [3.05, 3.63) is 82.0 Å². The molecule has 5 rings (SSSR count). The number of thiophene rings is 1. The van der Waals surface area contributed by atoms with Gasteiger partial charge in [0.15, 0.2) is 0 Å². The minimum atomic E-state index is -1.80. The maximum Gasteiger partial charge on any atom is 0.224 e. The largest absolute Gasteiger partial charge is 0.394 e. The van der Waals surface area contributed by atoms with E-state index in [1.54, 1.807) is 30.3 Å². The zero-order valence-corrected chi connectivity index (χ0v) is 23.0. The van der Waals surface area contributed by atoms with Crippen molar-refractivity contribution in [2.45, 2.75) is 69.1 Å². The topological polar surface area (TPSA) is 109 Å². The highest BCUT2D eigenvalue weighted by molar-refractivity contribution is 7.15. The predicted molar refractivity (Wildman–Crippen MR) is 145 cm³/mol. The van der Waals surface area contributed by atoms with Crippen molar-refractivity contribution in [1.29, 1.82) is 0 Å². The van der Waals surface area contributed by atoms with Gasteiger partial charge in [-0.3, -0.25) is 0 Å². The number of aryl methyl sites for hydroxylation is 1. The molecule has 1 aliphatic heterocycles. The summed E-state index contributed by atoms with van der Waals surface area (Å²) in [6, 6.07) is 15.1. The van der Waals surface area contributed by atoms with Crippen molar-refractivity contribution in [3.8, 4) is 10.4 Å². The van der Waals surface area contributed by atoms with E-state index < -0.39 is 42.9 Å². The molecule has 1 saturated heterocycles. The zero-order valence-electron chi connectivity index (χ0n) is 22.2. The number of rotatable bonds is 9. The number of hydrogen-bond acceptors (Lipinski definition) is 8. The lowest BCUT2D eigenvalue weighted by atomic mass is 9.86. The first kappa shape index (κ1) is 28.3. The fourth-order valence-electron chi connectivity index (χ4n) is 5.32. The molecule has 0 amide bonds. The van der Waals surface area contributed by atoms with Gasteiger partial charge >= 0.3 is 0 Å². The molecule has 0 radical (unpaired) electrons. The van der Waals surface area contributed by atoms with Crippen LogP contribution in [0.25, 0.3) is 10.4 Å². The number of aliphatic hydroxyl groups is 4. The summed E-state index contributed by atoms with van der Waals surface area (Å²) in [7, 11) is 1.36. The lowest BCUT2D eigenvalue weighted by molar-refractivity contribution is -0.373. The second kappa shape index (κ2) is 11.3. The highest BCUT2D eigenvalue weighted by atomic mass is 32.1. The summed E-state index contributed by atoms with van der Waals surface area (Å²) in [5.41, 5.74) is 2.61. The van der Waals surface area contributed by atoms with Crippen LogP contribution in [0.2, 0.25) is 0 Å². The Hall–Kier alpha value is -2.21. The van der Waals surface area contributed by atoms with Crippen LogP contribution in [0.3, 0.4) is 0 Å². The van der Waals surface area contributed by atoms with E-state index in [1.165, 1.54) is 30.6 Å². The van der Waals surface area contributed by atoms with Gasteiger partial charge in [-0.05, 0) is 79.6 Å². The molecule has 1 aromatic heterocycles. The third kappa shape index (κ3) is 5.42. The van der Waals surface area contributed by atoms with E-state index in [2.05, 4.69) is 0 Å². The fraction of sp³-hybridized carbons (Fsp3) is 0.467. The predicted octanol–water partition coefficient (Wildman–Crippen LogP) is 4.04. The van der Waals surface area contributed by atoms with Crippen molar-refractivity contribution in [1.82, 2.24) is 0 Å². The SMILES string of the molecule is COC1(c2ccc(C)c(C(O)c3ccc(-c4ccc(F)cc4)s3)c2)O[C@H](CO)[C@@H](OC(C)C2CC2)[C@H](O)[C@H]1O. The highest BCUT2D eigenvalue weighted by Crippen LogP contribution is 2.44. The summed E-state index contributed by atoms with van der Waals surface area (Å²) in [5, 5.41) is 44.0. The van der Waals surface area contributed by atoms with Crippen LogP contribution in [0, 0.1) is 18.7 Å². The summed E-state index contributed by atoms with van der Waals surface area (Å²) in [6.45, 7) is 3.34. The molecule has 1 aliphatic carbocycles. The Labute approximate surface area is 231 Å². The van der Waals surface area contributed by atoms with Gasteiger partial charge in [-0.2, -0.15) is 0 Å². The molecule has 9 heteroatoms. The molecule has 2 heterocycles. The molecule has 2 fully saturated rings. The van der Waals surface area contributed by atoms with Gasteiger partial charge in [-0.25, -0.2) is 4.39 Å². The normalized spacial score (nSPS) is 28.8. The maximum atomic E-state index is 13.4. The zero-order chi connectivity index (χ0) is 27.9. The van der Waals surface area contributed by atoms with Gasteiger partial charge < -0.3 is 34.6 Å². The molecule has 210 valence electrons. The second-order valence-corrected chi connectivity index (χ2v) is 11.6. The van der Waals surface area contributed by atoms with Gasteiger partial charge in [0.05, 0.1) is 12.7 Å². The minimum Gasteiger partial charge on any atom is -0.394 e. The Morgan fingerprint density at radius 1 is 1.10 bits per heavy atom. The highest BCUT2D eigenvalue weighted by Gasteiger charge is 2.56. The van der Waals surface area contributed by atoms with Gasteiger partial charge in [-0.15, -0.1) is 11.3 Å². The third-order valence-corrected chi connectivity index (χ3v) is 9.07. The molecule has 2 aromatic carbocycles. The smallest absolute Gasteiger partial charge is 0.224 e. The second-order valence-electron chi connectivity index (χ2n) is 10.5. The summed E-state index contributed by atoms with van der Waals surface area (Å²) < 4.78 is 31.3. The van der Waals surface area contributed by atoms with Crippen molar-refractivity contribution in [2.75, 3.05) is 13.7 Å². The number of aliphatic hydroxyl groups excluding tert-OH is 4. The maximum absolute atomic E-state index is 13.4. The lowest BCUT2D eigenvalue weighted by Crippen LogP contribution is -2.65. The first-order valence-electron chi connectivity index (χ1n) is 13.2. The minimum absolute atomic E-state index is 0.142. The molecule has 0 spiro atoms. The van der Waals surface area contributed by atoms with Gasteiger partial charge in [0, 0.05) is 22.4 Å². The average Bonchev–Trinajstić information content (AvgIpc) is 3.69. The molecule has 39 heavy (non-hydrogen) atoms. The van der Waals surface area contributed by atoms with E-state index in [1.807, 2.05) is 26.0 Å². The molecular weight excluding hydrogens is 523 g/mol. The van der Waals surface area contributed by atoms with E-state index in [9.17, 15) is 24.8 Å². The molecule has 0 bridgehead atoms. The number of methoxy groups -OCH3 is 1. The quantitative estimate of drug-likeness (QED) is 0.314. The van der Waals surface area contributed by atoms with E-state index >= 15 is 0 Å². The van der Waals surface area contributed by atoms with Crippen LogP contribution in [0.1, 0.15) is 47.4 Å². The first-order valence-corrected chi connectivity index (χ1v) is 14.0. The van der Waals surface area contributed by atoms with Crippen LogP contribution < -0.4 is 0 Å². The Morgan fingerprint density at radius 3 is 2.46 bits per heavy atom. The number of benzene rings is 2. The number of halogens is 1. The summed E-state index contributed by atoms with van der Waals surface area (Å²) in [4.78, 5) is 1.57. The first-order chi connectivity index (χ1) is 18.7. The lowest BCUT2D eigenvalue weighted by Gasteiger charge is -2.49. The molecule has 1 saturated carbocycles. The standard InChI is InChI=1S/C30H35FO7S/c1-16-4-9-20(14-22(16)26(33)25-13-12-24(39-25)19-7-10-21(31)11-8-19)30(36-3)29(35)27(34)28(23(15-32)38-30)37-17(2)18-5-6-18/h4,7-14,17-18,23,26-29,32-35H,5-6,15H2,1-3H3/t17?,23-,26?,27+,28-,29-,30?/m1/s1. The van der Waals surface area contributed by atoms with Gasteiger partial charge in [0.25, 0.3) is 0 Å². The van der Waals surface area contributed by atoms with Gasteiger partial charge in [0.1, 0.15) is 36.3 Å². The molecule has 3 unspecified atom stereocenters. The van der Waals surface area contributed by atoms with E-state index in [0.717, 1.165) is 28.8 Å². The van der Waals surface area contributed by atoms with Crippen LogP contribution in [0.15, 0.2) is 54.6 Å². The Bertz CT molecular complexity index is 1270. The molecule has 2 aliphatic rings. The number of hydrogen-bond donors (Lipinski definition) is 4. The average molecular weight is 559 g/mol. The Balaban J connectivity index is 1.44. The van der Waals surface area contributed by atoms with Gasteiger partial charge in [-0.1, -0.05) is 24.3 Å². The van der Waals surface area contributed by atoms with Crippen LogP contribution >= 0.6 is 11.3 Å². The van der Waals surface area contributed by atoms with E-state index in [4.69, 9.17) is 14.2 Å². The van der Waals surface area contributed by atoms with Crippen molar-refractivity contribution in [3.63, 3.8) is 0 Å². The van der Waals surface area contributed by atoms with Crippen LogP contribution in [0.5, 0.6) is 0 Å². The van der Waals surface area contributed by atoms with Gasteiger partial charge in [0.2, 0.25) is 5.79 Å². The van der Waals surface area contributed by atoms with Crippen molar-refractivity contribution >= 4 is 11.3 Å². The summed E-state index contributed by atoms with van der Waals surface area (Å²) in [5.74, 6) is -1.72. The van der Waals surface area contributed by atoms with Crippen LogP contribution in [0.4, 0.5) is 4.39 Å². The molecule has 3 aromatic rings. The molecule has 7 atom stereocenters. The van der Waals surface area contributed by atoms with Crippen LogP contribution in [-0.2, 0) is 20.0 Å². The van der Waals surface area contributed by atoms with Crippen molar-refractivity contribution < 1.29 is 39.0 Å². The van der Waals surface area contributed by atoms with Crippen molar-refractivity contribution in [2.24, 2.45) is 5.92 Å². The summed E-state index contributed by atoms with van der Waals surface area (Å²) in [6.07, 6.45) is -3.84. The summed E-state index contributed by atoms with van der Waals surface area (Å²) >= 11 is 1.39. The Kier molecular flexibility index (Phi) is 8.24.